The number of aliphatic hydroxyl groups excluding tert-OH is 2. The number of carbonyl (C=O) groups excluding carboxylic acids is 1. The molecule has 2 saturated carbocycles. The lowest BCUT2D eigenvalue weighted by Gasteiger charge is -2.55. The van der Waals surface area contributed by atoms with Gasteiger partial charge in [-0.15, -0.1) is 0 Å². The van der Waals surface area contributed by atoms with Gasteiger partial charge in [-0.2, -0.15) is 0 Å². The highest BCUT2D eigenvalue weighted by Gasteiger charge is 2.56. The second-order valence-electron chi connectivity index (χ2n) is 12.5. The maximum Gasteiger partial charge on any atom is 0.137 e. The van der Waals surface area contributed by atoms with Gasteiger partial charge in [0.05, 0.1) is 23.4 Å². The number of aliphatic hydroxyl groups is 3. The predicted octanol–water partition coefficient (Wildman–Crippen LogP) is 4.81. The molecule has 2 fully saturated rings. The molecule has 0 heterocycles. The molecule has 0 radical (unpaired) electrons. The fraction of sp³-hybridized carbons (Fsp3) is 0.893. The Balaban J connectivity index is 1.80. The van der Waals surface area contributed by atoms with Crippen LogP contribution in [0.4, 0.5) is 0 Å². The molecule has 0 aromatic carbocycles. The molecule has 0 aromatic heterocycles. The molecule has 5 heteroatoms. The minimum atomic E-state index is -0.785. The monoisotopic (exact) mass is 464 g/mol. The highest BCUT2D eigenvalue weighted by atomic mass is 16.5. The first-order valence-corrected chi connectivity index (χ1v) is 13.1. The molecule has 33 heavy (non-hydrogen) atoms. The van der Waals surface area contributed by atoms with Gasteiger partial charge >= 0.3 is 0 Å². The SMILES string of the molecule is COC(C)(CCCC(C)(C)O)C1CC=C(C)C2CC(=O)C3CC(O)C(O)CC3(C)C2CCC1. The number of methoxy groups -OCH3 is 1. The number of hydrogen-bond acceptors (Lipinski definition) is 5. The summed E-state index contributed by atoms with van der Waals surface area (Å²) in [5.41, 5.74) is 0.140. The second kappa shape index (κ2) is 10.1. The first-order valence-electron chi connectivity index (χ1n) is 13.1. The van der Waals surface area contributed by atoms with Crippen molar-refractivity contribution < 1.29 is 24.9 Å². The van der Waals surface area contributed by atoms with E-state index in [0.29, 0.717) is 31.1 Å². The van der Waals surface area contributed by atoms with E-state index in [9.17, 15) is 20.1 Å². The minimum Gasteiger partial charge on any atom is -0.390 e. The minimum absolute atomic E-state index is 0.146. The third kappa shape index (κ3) is 5.74. The van der Waals surface area contributed by atoms with E-state index < -0.39 is 17.8 Å². The van der Waals surface area contributed by atoms with E-state index in [0.717, 1.165) is 44.9 Å². The molecule has 3 aliphatic rings. The van der Waals surface area contributed by atoms with Crippen molar-refractivity contribution in [2.24, 2.45) is 29.1 Å². The fourth-order valence-electron chi connectivity index (χ4n) is 7.36. The third-order valence-electron chi connectivity index (χ3n) is 9.68. The largest absolute Gasteiger partial charge is 0.390 e. The van der Waals surface area contributed by atoms with Crippen molar-refractivity contribution in [2.75, 3.05) is 7.11 Å². The van der Waals surface area contributed by atoms with E-state index in [-0.39, 0.29) is 28.6 Å². The van der Waals surface area contributed by atoms with Crippen molar-refractivity contribution in [3.05, 3.63) is 11.6 Å². The van der Waals surface area contributed by atoms with Crippen molar-refractivity contribution in [1.82, 2.24) is 0 Å². The summed E-state index contributed by atoms with van der Waals surface area (Å²) in [6, 6.07) is 0. The summed E-state index contributed by atoms with van der Waals surface area (Å²) >= 11 is 0. The summed E-state index contributed by atoms with van der Waals surface area (Å²) in [6.45, 7) is 10.3. The number of rotatable bonds is 6. The number of ether oxygens (including phenoxy) is 1. The predicted molar refractivity (Wildman–Crippen MR) is 131 cm³/mol. The van der Waals surface area contributed by atoms with Gasteiger partial charge in [-0.1, -0.05) is 25.0 Å². The second-order valence-corrected chi connectivity index (χ2v) is 12.5. The van der Waals surface area contributed by atoms with Crippen molar-refractivity contribution in [2.45, 2.75) is 122 Å². The molecule has 190 valence electrons. The summed E-state index contributed by atoms with van der Waals surface area (Å²) in [6.07, 6.45) is 9.02. The number of Topliss-reactive ketones (excluding diaryl/α,β-unsaturated/α-hetero) is 1. The van der Waals surface area contributed by atoms with Crippen LogP contribution in [0.5, 0.6) is 0 Å². The molecule has 0 saturated heterocycles. The van der Waals surface area contributed by atoms with E-state index in [2.05, 4.69) is 26.8 Å². The maximum absolute atomic E-state index is 13.2. The quantitative estimate of drug-likeness (QED) is 0.491. The van der Waals surface area contributed by atoms with Crippen molar-refractivity contribution >= 4 is 5.78 Å². The lowest BCUT2D eigenvalue weighted by molar-refractivity contribution is -0.157. The van der Waals surface area contributed by atoms with Gasteiger partial charge in [0.2, 0.25) is 0 Å². The first kappa shape index (κ1) is 26.8. The number of hydrogen-bond donors (Lipinski definition) is 3. The molecular formula is C28H48O5. The van der Waals surface area contributed by atoms with Crippen LogP contribution in [-0.4, -0.2) is 51.6 Å². The van der Waals surface area contributed by atoms with E-state index in [1.54, 1.807) is 0 Å². The summed E-state index contributed by atoms with van der Waals surface area (Å²) < 4.78 is 6.11. The van der Waals surface area contributed by atoms with Gasteiger partial charge in [-0.05, 0) is 102 Å². The van der Waals surface area contributed by atoms with E-state index in [1.165, 1.54) is 5.57 Å². The molecule has 0 amide bonds. The normalized spacial score (nSPS) is 39.9. The Morgan fingerprint density at radius 1 is 1.15 bits per heavy atom. The smallest absolute Gasteiger partial charge is 0.137 e. The van der Waals surface area contributed by atoms with Crippen LogP contribution in [-0.2, 0) is 9.53 Å². The maximum atomic E-state index is 13.2. The van der Waals surface area contributed by atoms with Crippen LogP contribution < -0.4 is 0 Å². The molecule has 8 atom stereocenters. The summed E-state index contributed by atoms with van der Waals surface area (Å²) in [7, 11) is 1.81. The average Bonchev–Trinajstić information content (AvgIpc) is 2.79. The van der Waals surface area contributed by atoms with Crippen LogP contribution in [0.1, 0.15) is 98.8 Å². The molecule has 8 unspecified atom stereocenters. The topological polar surface area (TPSA) is 87.0 Å². The summed E-state index contributed by atoms with van der Waals surface area (Å²) in [4.78, 5) is 13.2. The Morgan fingerprint density at radius 2 is 1.85 bits per heavy atom. The van der Waals surface area contributed by atoms with Gasteiger partial charge in [0, 0.05) is 19.4 Å². The van der Waals surface area contributed by atoms with Crippen LogP contribution >= 0.6 is 0 Å². The molecule has 3 N–H and O–H groups in total. The average molecular weight is 465 g/mol. The Hall–Kier alpha value is -0.750. The van der Waals surface area contributed by atoms with Gasteiger partial charge < -0.3 is 20.1 Å². The highest BCUT2D eigenvalue weighted by Crippen LogP contribution is 2.57. The van der Waals surface area contributed by atoms with E-state index >= 15 is 0 Å². The number of allylic oxidation sites excluding steroid dienone is 2. The Kier molecular flexibility index (Phi) is 8.20. The zero-order valence-corrected chi connectivity index (χ0v) is 21.8. The number of carbonyl (C=O) groups is 1. The van der Waals surface area contributed by atoms with Crippen LogP contribution in [0.25, 0.3) is 0 Å². The Labute approximate surface area is 201 Å². The van der Waals surface area contributed by atoms with E-state index in [4.69, 9.17) is 4.74 Å². The van der Waals surface area contributed by atoms with Crippen LogP contribution in [0.3, 0.4) is 0 Å². The van der Waals surface area contributed by atoms with Crippen molar-refractivity contribution in [1.29, 1.82) is 0 Å². The zero-order valence-electron chi connectivity index (χ0n) is 21.8. The molecule has 0 spiro atoms. The van der Waals surface area contributed by atoms with Gasteiger partial charge in [0.15, 0.2) is 0 Å². The summed E-state index contributed by atoms with van der Waals surface area (Å²) in [5.74, 6) is 1.08. The van der Waals surface area contributed by atoms with Crippen LogP contribution in [0.2, 0.25) is 0 Å². The zero-order chi connectivity index (χ0) is 24.6. The fourth-order valence-corrected chi connectivity index (χ4v) is 7.36. The van der Waals surface area contributed by atoms with Gasteiger partial charge in [-0.3, -0.25) is 4.79 Å². The number of ketones is 1. The van der Waals surface area contributed by atoms with Crippen LogP contribution in [0.15, 0.2) is 11.6 Å². The highest BCUT2D eigenvalue weighted by molar-refractivity contribution is 5.83. The molecular weight excluding hydrogens is 416 g/mol. The number of fused-ring (bicyclic) bond motifs is 3. The van der Waals surface area contributed by atoms with E-state index in [1.807, 2.05) is 21.0 Å². The molecule has 5 nitrogen and oxygen atoms in total. The first-order chi connectivity index (χ1) is 15.3. The molecule has 0 aliphatic heterocycles. The molecule has 3 rings (SSSR count). The molecule has 0 aromatic rings. The van der Waals surface area contributed by atoms with Crippen LogP contribution in [0, 0.1) is 29.1 Å². The third-order valence-corrected chi connectivity index (χ3v) is 9.68. The van der Waals surface area contributed by atoms with Crippen molar-refractivity contribution in [3.8, 4) is 0 Å². The lowest BCUT2D eigenvalue weighted by atomic mass is 9.49. The van der Waals surface area contributed by atoms with Gasteiger partial charge in [-0.25, -0.2) is 0 Å². The Morgan fingerprint density at radius 3 is 2.48 bits per heavy atom. The van der Waals surface area contributed by atoms with Gasteiger partial charge in [0.1, 0.15) is 5.78 Å². The Bertz CT molecular complexity index is 724. The standard InChI is InChI=1S/C28H48O5/c1-18-11-12-19(28(5,33-6)14-8-13-26(2,3)32)9-7-10-21-20(18)15-23(29)22-16-24(30)25(31)17-27(21,22)4/h11,19-22,24-25,30-32H,7-10,12-17H2,1-6H3. The van der Waals surface area contributed by atoms with Gasteiger partial charge in [0.25, 0.3) is 0 Å². The summed E-state index contributed by atoms with van der Waals surface area (Å²) in [5, 5.41) is 30.9. The molecule has 0 bridgehead atoms. The lowest BCUT2D eigenvalue weighted by Crippen LogP contribution is -2.56. The molecule has 3 aliphatic carbocycles. The van der Waals surface area contributed by atoms with Crippen molar-refractivity contribution in [3.63, 3.8) is 0 Å².